The van der Waals surface area contributed by atoms with E-state index in [2.05, 4.69) is 38.1 Å². The fraction of sp³-hybridized carbons (Fsp3) is 0.941. The van der Waals surface area contributed by atoms with E-state index in [-0.39, 0.29) is 28.9 Å². The molecule has 0 aromatic rings. The lowest BCUT2D eigenvalue weighted by Gasteiger charge is -2.55. The lowest BCUT2D eigenvalue weighted by Crippen LogP contribution is -2.64. The number of rotatable bonds is 4. The molecule has 1 saturated heterocycles. The molecular weight excluding hydrogens is 300 g/mol. The zero-order valence-electron chi connectivity index (χ0n) is 14.5. The van der Waals surface area contributed by atoms with Crippen molar-refractivity contribution in [1.82, 2.24) is 10.4 Å². The number of hydrogen-bond acceptors (Lipinski definition) is 3. The zero-order chi connectivity index (χ0) is 16.4. The number of nitrogens with zero attached hydrogens (tertiary/aromatic N) is 1. The molecule has 5 heteroatoms. The molecular formula is C17H31ClN2O2. The predicted octanol–water partition coefficient (Wildman–Crippen LogP) is 3.63. The summed E-state index contributed by atoms with van der Waals surface area (Å²) in [6.45, 7) is 8.82. The van der Waals surface area contributed by atoms with Gasteiger partial charge in [-0.2, -0.15) is 5.06 Å². The van der Waals surface area contributed by atoms with Crippen LogP contribution in [0.25, 0.3) is 0 Å². The molecule has 4 nitrogen and oxygen atoms in total. The first-order chi connectivity index (χ1) is 10.2. The van der Waals surface area contributed by atoms with E-state index in [4.69, 9.17) is 16.4 Å². The van der Waals surface area contributed by atoms with Crippen molar-refractivity contribution in [2.75, 3.05) is 5.88 Å². The highest BCUT2D eigenvalue weighted by atomic mass is 35.5. The average Bonchev–Trinajstić information content (AvgIpc) is 2.43. The molecule has 0 spiro atoms. The van der Waals surface area contributed by atoms with Crippen LogP contribution in [0.2, 0.25) is 0 Å². The van der Waals surface area contributed by atoms with E-state index in [0.29, 0.717) is 6.10 Å². The molecule has 1 amide bonds. The van der Waals surface area contributed by atoms with Gasteiger partial charge in [0, 0.05) is 17.1 Å². The SMILES string of the molecule is CC1(C)CC(NC(=O)CCl)CC(C)(C)N1OC1CCCCC1. The average molecular weight is 331 g/mol. The third-order valence-corrected chi connectivity index (χ3v) is 5.13. The summed E-state index contributed by atoms with van der Waals surface area (Å²) in [4.78, 5) is 18.0. The maximum absolute atomic E-state index is 11.6. The predicted molar refractivity (Wildman–Crippen MR) is 89.8 cm³/mol. The number of hydrogen-bond donors (Lipinski definition) is 1. The molecule has 1 heterocycles. The van der Waals surface area contributed by atoms with E-state index in [1.165, 1.54) is 19.3 Å². The number of alkyl halides is 1. The van der Waals surface area contributed by atoms with E-state index < -0.39 is 0 Å². The zero-order valence-corrected chi connectivity index (χ0v) is 15.2. The van der Waals surface area contributed by atoms with Gasteiger partial charge in [-0.25, -0.2) is 0 Å². The van der Waals surface area contributed by atoms with Crippen molar-refractivity contribution in [1.29, 1.82) is 0 Å². The van der Waals surface area contributed by atoms with Crippen LogP contribution in [0, 0.1) is 0 Å². The quantitative estimate of drug-likeness (QED) is 0.800. The van der Waals surface area contributed by atoms with E-state index in [1.54, 1.807) is 0 Å². The number of amides is 1. The molecule has 128 valence electrons. The summed E-state index contributed by atoms with van der Waals surface area (Å²) in [5, 5.41) is 5.26. The lowest BCUT2D eigenvalue weighted by atomic mass is 9.79. The summed E-state index contributed by atoms with van der Waals surface area (Å²) >= 11 is 5.62. The van der Waals surface area contributed by atoms with Crippen molar-refractivity contribution in [3.8, 4) is 0 Å². The largest absolute Gasteiger partial charge is 0.352 e. The van der Waals surface area contributed by atoms with Crippen LogP contribution >= 0.6 is 11.6 Å². The standard InChI is InChI=1S/C17H31ClN2O2/c1-16(2)10-13(19-15(21)12-18)11-17(3,4)20(16)22-14-8-6-5-7-9-14/h13-14H,5-12H2,1-4H3,(H,19,21). The number of hydroxylamine groups is 2. The van der Waals surface area contributed by atoms with Gasteiger partial charge in [0.25, 0.3) is 0 Å². The number of piperidine rings is 1. The Balaban J connectivity index is 2.05. The molecule has 0 unspecified atom stereocenters. The van der Waals surface area contributed by atoms with Gasteiger partial charge < -0.3 is 5.32 Å². The normalized spacial score (nSPS) is 26.8. The Morgan fingerprint density at radius 2 is 1.68 bits per heavy atom. The Hall–Kier alpha value is -0.320. The Bertz CT molecular complexity index is 374. The first-order valence-corrected chi connectivity index (χ1v) is 9.10. The molecule has 1 aliphatic carbocycles. The van der Waals surface area contributed by atoms with Gasteiger partial charge in [-0.3, -0.25) is 9.63 Å². The third-order valence-electron chi connectivity index (χ3n) is 4.88. The van der Waals surface area contributed by atoms with Gasteiger partial charge in [0.15, 0.2) is 0 Å². The minimum atomic E-state index is -0.108. The molecule has 1 N–H and O–H groups in total. The van der Waals surface area contributed by atoms with Crippen LogP contribution in [-0.2, 0) is 9.63 Å². The second-order valence-corrected chi connectivity index (χ2v) is 8.36. The number of carbonyl (C=O) groups excluding carboxylic acids is 1. The van der Waals surface area contributed by atoms with Crippen LogP contribution in [0.15, 0.2) is 0 Å². The maximum atomic E-state index is 11.6. The molecule has 2 aliphatic rings. The first-order valence-electron chi connectivity index (χ1n) is 8.57. The van der Waals surface area contributed by atoms with Crippen LogP contribution in [0.1, 0.15) is 72.6 Å². The highest BCUT2D eigenvalue weighted by molar-refractivity contribution is 6.27. The topological polar surface area (TPSA) is 41.6 Å². The van der Waals surface area contributed by atoms with E-state index in [0.717, 1.165) is 25.7 Å². The van der Waals surface area contributed by atoms with Crippen LogP contribution in [-0.4, -0.2) is 40.1 Å². The van der Waals surface area contributed by atoms with Gasteiger partial charge >= 0.3 is 0 Å². The Kier molecular flexibility index (Phi) is 5.79. The molecule has 0 aromatic carbocycles. The van der Waals surface area contributed by atoms with E-state index in [1.807, 2.05) is 0 Å². The van der Waals surface area contributed by atoms with Gasteiger partial charge in [0.05, 0.1) is 6.10 Å². The summed E-state index contributed by atoms with van der Waals surface area (Å²) in [5.74, 6) is -0.0560. The van der Waals surface area contributed by atoms with Crippen molar-refractivity contribution in [2.24, 2.45) is 0 Å². The van der Waals surface area contributed by atoms with Crippen molar-refractivity contribution in [3.05, 3.63) is 0 Å². The van der Waals surface area contributed by atoms with Gasteiger partial charge in [-0.15, -0.1) is 11.6 Å². The van der Waals surface area contributed by atoms with E-state index >= 15 is 0 Å². The number of halogens is 1. The van der Waals surface area contributed by atoms with Gasteiger partial charge in [-0.05, 0) is 53.4 Å². The minimum absolute atomic E-state index is 0.0274. The third kappa shape index (κ3) is 4.36. The van der Waals surface area contributed by atoms with Gasteiger partial charge in [-0.1, -0.05) is 19.3 Å². The highest BCUT2D eigenvalue weighted by Crippen LogP contribution is 2.40. The smallest absolute Gasteiger partial charge is 0.235 e. The van der Waals surface area contributed by atoms with Crippen LogP contribution < -0.4 is 5.32 Å². The fourth-order valence-electron chi connectivity index (χ4n) is 4.24. The molecule has 1 aliphatic heterocycles. The fourth-order valence-corrected chi connectivity index (χ4v) is 4.31. The van der Waals surface area contributed by atoms with Gasteiger partial charge in [0.2, 0.25) is 5.91 Å². The first kappa shape index (κ1) is 18.0. The molecule has 0 atom stereocenters. The summed E-state index contributed by atoms with van der Waals surface area (Å²) in [6.07, 6.45) is 8.31. The lowest BCUT2D eigenvalue weighted by molar-refractivity contribution is -0.310. The van der Waals surface area contributed by atoms with Gasteiger partial charge in [0.1, 0.15) is 5.88 Å². The molecule has 1 saturated carbocycles. The highest BCUT2D eigenvalue weighted by Gasteiger charge is 2.47. The monoisotopic (exact) mass is 330 g/mol. The van der Waals surface area contributed by atoms with Crippen molar-refractivity contribution < 1.29 is 9.63 Å². The Morgan fingerprint density at radius 3 is 2.18 bits per heavy atom. The summed E-state index contributed by atoms with van der Waals surface area (Å²) in [7, 11) is 0. The van der Waals surface area contributed by atoms with Crippen LogP contribution in [0.4, 0.5) is 0 Å². The number of nitrogens with one attached hydrogen (secondary N) is 1. The Labute approximate surface area is 139 Å². The molecule has 2 fully saturated rings. The number of carbonyl (C=O) groups is 1. The van der Waals surface area contributed by atoms with Crippen LogP contribution in [0.3, 0.4) is 0 Å². The molecule has 0 aromatic heterocycles. The molecule has 0 bridgehead atoms. The Morgan fingerprint density at radius 1 is 1.14 bits per heavy atom. The summed E-state index contributed by atoms with van der Waals surface area (Å²) in [6, 6.07) is 0.155. The molecule has 0 radical (unpaired) electrons. The maximum Gasteiger partial charge on any atom is 0.235 e. The van der Waals surface area contributed by atoms with Crippen molar-refractivity contribution >= 4 is 17.5 Å². The minimum Gasteiger partial charge on any atom is -0.352 e. The molecule has 2 rings (SSSR count). The van der Waals surface area contributed by atoms with Crippen LogP contribution in [0.5, 0.6) is 0 Å². The summed E-state index contributed by atoms with van der Waals surface area (Å²) in [5.41, 5.74) is -0.215. The van der Waals surface area contributed by atoms with E-state index in [9.17, 15) is 4.79 Å². The second kappa shape index (κ2) is 7.06. The summed E-state index contributed by atoms with van der Waals surface area (Å²) < 4.78 is 0. The van der Waals surface area contributed by atoms with Crippen molar-refractivity contribution in [3.63, 3.8) is 0 Å². The molecule has 22 heavy (non-hydrogen) atoms. The van der Waals surface area contributed by atoms with Crippen molar-refractivity contribution in [2.45, 2.75) is 95.9 Å². The second-order valence-electron chi connectivity index (χ2n) is 8.09.